The number of benzene rings is 2. The number of aryl methyl sites for hydroxylation is 2. The van der Waals surface area contributed by atoms with Crippen LogP contribution in [0.4, 0.5) is 15.6 Å². The Morgan fingerprint density at radius 1 is 0.985 bits per heavy atom. The Balaban J connectivity index is 0.854. The highest BCUT2D eigenvalue weighted by atomic mass is 32.1. The molecule has 3 amide bonds. The summed E-state index contributed by atoms with van der Waals surface area (Å²) in [5.41, 5.74) is 8.49. The van der Waals surface area contributed by atoms with E-state index in [0.29, 0.717) is 48.5 Å². The summed E-state index contributed by atoms with van der Waals surface area (Å²) in [6.07, 6.45) is 3.05. The normalized spacial score (nSPS) is 16.4. The van der Waals surface area contributed by atoms with Gasteiger partial charge in [0, 0.05) is 49.4 Å². The third-order valence-electron chi connectivity index (χ3n) is 11.6. The summed E-state index contributed by atoms with van der Waals surface area (Å²) < 4.78 is 24.1. The number of unbranched alkanes of at least 4 members (excludes halogenated alkanes) is 2. The molecular formula is C48H56N8O8S2. The van der Waals surface area contributed by atoms with Crippen LogP contribution in [0.25, 0.3) is 31.8 Å². The molecule has 0 spiro atoms. The van der Waals surface area contributed by atoms with E-state index in [1.807, 2.05) is 76.5 Å². The monoisotopic (exact) mass is 936 g/mol. The lowest BCUT2D eigenvalue weighted by atomic mass is 9.91. The predicted octanol–water partition coefficient (Wildman–Crippen LogP) is 8.51. The molecule has 348 valence electrons. The number of carbonyl (C=O) groups is 3. The van der Waals surface area contributed by atoms with Crippen LogP contribution in [0.3, 0.4) is 0 Å². The number of ether oxygens (including phenoxy) is 3. The average Bonchev–Trinajstić information content (AvgIpc) is 4.11. The zero-order chi connectivity index (χ0) is 46.5. The Bertz CT molecular complexity index is 2680. The number of aliphatic hydroxyl groups excluding tert-OH is 1. The van der Waals surface area contributed by atoms with Crippen molar-refractivity contribution >= 4 is 61.6 Å². The van der Waals surface area contributed by atoms with E-state index in [4.69, 9.17) is 23.7 Å². The first-order valence-corrected chi connectivity index (χ1v) is 24.1. The van der Waals surface area contributed by atoms with Crippen molar-refractivity contribution in [1.29, 1.82) is 0 Å². The largest absolute Gasteiger partial charge is 0.493 e. The second-order valence-corrected chi connectivity index (χ2v) is 19.2. The van der Waals surface area contributed by atoms with E-state index in [1.165, 1.54) is 4.90 Å². The number of carbonyl (C=O) groups excluding carboxylic acids is 3. The number of hydrogen-bond donors (Lipinski definition) is 3. The van der Waals surface area contributed by atoms with Crippen molar-refractivity contribution in [3.05, 3.63) is 82.9 Å². The summed E-state index contributed by atoms with van der Waals surface area (Å²) >= 11 is 3.15. The summed E-state index contributed by atoms with van der Waals surface area (Å²) in [5.74, 6) is 0.164. The highest BCUT2D eigenvalue weighted by Gasteiger charge is 2.43. The van der Waals surface area contributed by atoms with Gasteiger partial charge in [-0.3, -0.25) is 14.5 Å². The number of amides is 3. The van der Waals surface area contributed by atoms with E-state index < -0.39 is 24.2 Å². The number of nitrogens with zero attached hydrogens (tertiary/aromatic N) is 6. The molecule has 0 aliphatic carbocycles. The quantitative estimate of drug-likeness (QED) is 0.0738. The maximum Gasteiger partial charge on any atom is 0.414 e. The van der Waals surface area contributed by atoms with E-state index in [9.17, 15) is 19.5 Å². The van der Waals surface area contributed by atoms with Gasteiger partial charge >= 0.3 is 6.09 Å². The number of likely N-dealkylation sites (tertiary alicyclic amines) is 1. The second-order valence-electron chi connectivity index (χ2n) is 17.3. The van der Waals surface area contributed by atoms with Gasteiger partial charge in [-0.15, -0.1) is 11.3 Å². The van der Waals surface area contributed by atoms with Crippen LogP contribution in [0.15, 0.2) is 64.8 Å². The van der Waals surface area contributed by atoms with Gasteiger partial charge in [-0.1, -0.05) is 48.5 Å². The molecule has 3 N–H and O–H groups in total. The van der Waals surface area contributed by atoms with E-state index in [0.717, 1.165) is 74.0 Å². The van der Waals surface area contributed by atoms with Gasteiger partial charge in [0.25, 0.3) is 0 Å². The molecule has 66 heavy (non-hydrogen) atoms. The SMILES string of the molecule is Cc1cc([C@H](C(=O)N2C[C@H](O)C[C@H]2C(=O)NCc2ccc(-c3scnc3C)cc2OCCCCCNc2nc3ccc(-c4cnc5c(c4)N(C(=O)OC(C)C)CCO5)cc3s2)C(C)C)on1. The van der Waals surface area contributed by atoms with Gasteiger partial charge in [0.05, 0.1) is 57.4 Å². The molecule has 2 aliphatic rings. The minimum atomic E-state index is -0.834. The maximum atomic E-state index is 13.9. The van der Waals surface area contributed by atoms with Crippen molar-refractivity contribution in [2.75, 3.05) is 43.1 Å². The first kappa shape index (κ1) is 46.4. The number of nitrogens with one attached hydrogen (secondary N) is 2. The summed E-state index contributed by atoms with van der Waals surface area (Å²) in [7, 11) is 0. The Kier molecular flexibility index (Phi) is 14.5. The molecule has 0 saturated carbocycles. The fourth-order valence-corrected chi connectivity index (χ4v) is 10.0. The minimum absolute atomic E-state index is 0.0624. The Labute approximate surface area is 391 Å². The van der Waals surface area contributed by atoms with Crippen LogP contribution in [-0.4, -0.2) is 99.1 Å². The highest BCUT2D eigenvalue weighted by molar-refractivity contribution is 7.22. The zero-order valence-electron chi connectivity index (χ0n) is 38.0. The van der Waals surface area contributed by atoms with Crippen LogP contribution < -0.4 is 25.0 Å². The topological polar surface area (TPSA) is 194 Å². The molecule has 2 aliphatic heterocycles. The lowest BCUT2D eigenvalue weighted by Crippen LogP contribution is -2.48. The standard InChI is InChI=1S/C48H56N8O8S2/c1-27(2)42(40-18-29(5)54-64-40)46(59)56-25-35(57)22-37(56)44(58)50-23-33-11-10-32(43-30(6)52-26-65-43)20-39(33)61-16-9-7-8-14-49-47-53-36-13-12-31(21-41(36)66-47)34-19-38-45(51-24-34)62-17-15-55(38)48(60)63-28(3)4/h10-13,18-21,24,26-28,35,37,42,57H,7-9,14-17,22-23,25H2,1-6H3,(H,49,53)(H,50,58)/t35-,37+,42-/m1/s1. The van der Waals surface area contributed by atoms with Crippen molar-refractivity contribution in [2.45, 2.75) is 97.9 Å². The minimum Gasteiger partial charge on any atom is -0.493 e. The van der Waals surface area contributed by atoms with Crippen LogP contribution in [0.5, 0.6) is 11.6 Å². The highest BCUT2D eigenvalue weighted by Crippen LogP contribution is 2.37. The van der Waals surface area contributed by atoms with Crippen LogP contribution in [-0.2, 0) is 20.9 Å². The summed E-state index contributed by atoms with van der Waals surface area (Å²) in [6.45, 7) is 13.5. The molecule has 18 heteroatoms. The molecule has 16 nitrogen and oxygen atoms in total. The number of aliphatic hydroxyl groups is 1. The van der Waals surface area contributed by atoms with E-state index in [2.05, 4.69) is 31.8 Å². The number of rotatable bonds is 17. The van der Waals surface area contributed by atoms with Crippen LogP contribution in [0.2, 0.25) is 0 Å². The molecule has 2 aromatic carbocycles. The number of fused-ring (bicyclic) bond motifs is 2. The second kappa shape index (κ2) is 20.6. The number of β-amino-alcohol motifs (C(OH)–C–C–N with tert-alkyl or cyclic N) is 1. The molecule has 6 aromatic rings. The maximum absolute atomic E-state index is 13.9. The number of hydrogen-bond acceptors (Lipinski definition) is 15. The van der Waals surface area contributed by atoms with Gasteiger partial charge in [0.15, 0.2) is 5.13 Å². The van der Waals surface area contributed by atoms with E-state index >= 15 is 0 Å². The average molecular weight is 937 g/mol. The molecule has 0 unspecified atom stereocenters. The van der Waals surface area contributed by atoms with Crippen LogP contribution >= 0.6 is 22.7 Å². The molecule has 1 fully saturated rings. The summed E-state index contributed by atoms with van der Waals surface area (Å²) in [4.78, 5) is 58.4. The number of aromatic nitrogens is 4. The van der Waals surface area contributed by atoms with Gasteiger partial charge in [-0.2, -0.15) is 0 Å². The van der Waals surface area contributed by atoms with Crippen LogP contribution in [0, 0.1) is 19.8 Å². The van der Waals surface area contributed by atoms with Crippen molar-refractivity contribution in [1.82, 2.24) is 30.3 Å². The van der Waals surface area contributed by atoms with Crippen LogP contribution in [0.1, 0.15) is 82.0 Å². The fourth-order valence-electron chi connectivity index (χ4n) is 8.28. The summed E-state index contributed by atoms with van der Waals surface area (Å²) in [6, 6.07) is 14.9. The van der Waals surface area contributed by atoms with Gasteiger partial charge in [0.2, 0.25) is 17.7 Å². The third kappa shape index (κ3) is 10.6. The molecular weight excluding hydrogens is 881 g/mol. The van der Waals surface area contributed by atoms with Gasteiger partial charge in [0.1, 0.15) is 35.8 Å². The summed E-state index contributed by atoms with van der Waals surface area (Å²) in [5, 5.41) is 22.0. The lowest BCUT2D eigenvalue weighted by Gasteiger charge is -2.29. The number of anilines is 2. The predicted molar refractivity (Wildman–Crippen MR) is 254 cm³/mol. The first-order chi connectivity index (χ1) is 31.8. The Morgan fingerprint density at radius 3 is 2.58 bits per heavy atom. The molecule has 8 rings (SSSR count). The van der Waals surface area contributed by atoms with E-state index in [1.54, 1.807) is 46.8 Å². The fraction of sp³-hybridized carbons (Fsp3) is 0.438. The van der Waals surface area contributed by atoms with Crippen molar-refractivity contribution in [3.8, 4) is 33.2 Å². The van der Waals surface area contributed by atoms with E-state index in [-0.39, 0.29) is 43.3 Å². The molecule has 6 heterocycles. The molecule has 0 bridgehead atoms. The van der Waals surface area contributed by atoms with Gasteiger partial charge in [-0.25, -0.2) is 19.7 Å². The molecule has 0 radical (unpaired) electrons. The first-order valence-electron chi connectivity index (χ1n) is 22.4. The smallest absolute Gasteiger partial charge is 0.414 e. The Morgan fingerprint density at radius 2 is 1.82 bits per heavy atom. The lowest BCUT2D eigenvalue weighted by molar-refractivity contribution is -0.141. The van der Waals surface area contributed by atoms with Crippen molar-refractivity contribution < 1.29 is 38.2 Å². The number of pyridine rings is 1. The van der Waals surface area contributed by atoms with Crippen molar-refractivity contribution in [2.24, 2.45) is 5.92 Å². The third-order valence-corrected chi connectivity index (χ3v) is 13.5. The molecule has 1 saturated heterocycles. The Hall–Kier alpha value is -6.11. The van der Waals surface area contributed by atoms with Crippen molar-refractivity contribution in [3.63, 3.8) is 0 Å². The number of thiazole rings is 2. The molecule has 3 atom stereocenters. The molecule has 4 aromatic heterocycles. The zero-order valence-corrected chi connectivity index (χ0v) is 39.7. The van der Waals surface area contributed by atoms with Gasteiger partial charge in [-0.05, 0) is 88.3 Å². The van der Waals surface area contributed by atoms with Gasteiger partial charge < -0.3 is 39.4 Å².